The van der Waals surface area contributed by atoms with Gasteiger partial charge in [-0.05, 0) is 37.9 Å². The molecular formula is C14H23NO. The van der Waals surface area contributed by atoms with Crippen molar-refractivity contribution >= 4 is 0 Å². The Morgan fingerprint density at radius 2 is 1.75 bits per heavy atom. The number of nitrogens with one attached hydrogen (secondary N) is 1. The smallest absolute Gasteiger partial charge is 0.0720 e. The summed E-state index contributed by atoms with van der Waals surface area (Å²) in [5.41, 5.74) is 2.58. The van der Waals surface area contributed by atoms with Crippen LogP contribution in [0, 0.1) is 0 Å². The van der Waals surface area contributed by atoms with E-state index in [-0.39, 0.29) is 0 Å². The molecule has 0 amide bonds. The van der Waals surface area contributed by atoms with E-state index in [9.17, 15) is 0 Å². The second-order valence-corrected chi connectivity index (χ2v) is 4.35. The van der Waals surface area contributed by atoms with E-state index in [2.05, 4.69) is 50.4 Å². The zero-order valence-electron chi connectivity index (χ0n) is 10.6. The minimum Gasteiger partial charge on any atom is -0.374 e. The third kappa shape index (κ3) is 5.29. The van der Waals surface area contributed by atoms with E-state index < -0.39 is 0 Å². The topological polar surface area (TPSA) is 21.3 Å². The van der Waals surface area contributed by atoms with Crippen molar-refractivity contribution in [2.75, 3.05) is 6.54 Å². The fourth-order valence-electron chi connectivity index (χ4n) is 1.43. The molecule has 0 fully saturated rings. The monoisotopic (exact) mass is 221 g/mol. The zero-order chi connectivity index (χ0) is 11.8. The Bertz CT molecular complexity index is 279. The van der Waals surface area contributed by atoms with Gasteiger partial charge in [-0.1, -0.05) is 31.2 Å². The molecule has 0 aromatic heterocycles. The van der Waals surface area contributed by atoms with Gasteiger partial charge in [0.05, 0.1) is 12.7 Å². The lowest BCUT2D eigenvalue weighted by molar-refractivity contribution is 0.0657. The highest BCUT2D eigenvalue weighted by atomic mass is 16.5. The van der Waals surface area contributed by atoms with E-state index in [0.717, 1.165) is 13.1 Å². The number of hydrogen-bond donors (Lipinski definition) is 1. The molecule has 2 nitrogen and oxygen atoms in total. The fourth-order valence-corrected chi connectivity index (χ4v) is 1.43. The minimum atomic E-state index is 0.297. The maximum Gasteiger partial charge on any atom is 0.0720 e. The molecule has 2 heteroatoms. The Hall–Kier alpha value is -0.860. The van der Waals surface area contributed by atoms with Crippen molar-refractivity contribution in [1.29, 1.82) is 0 Å². The maximum atomic E-state index is 5.55. The zero-order valence-corrected chi connectivity index (χ0v) is 10.6. The molecule has 1 rings (SSSR count). The molecule has 0 spiro atoms. The van der Waals surface area contributed by atoms with E-state index in [1.807, 2.05) is 0 Å². The summed E-state index contributed by atoms with van der Waals surface area (Å²) in [5, 5.41) is 3.39. The molecule has 0 bridgehead atoms. The van der Waals surface area contributed by atoms with Gasteiger partial charge in [-0.15, -0.1) is 0 Å². The Labute approximate surface area is 99.0 Å². The van der Waals surface area contributed by atoms with Crippen LogP contribution in [0.4, 0.5) is 0 Å². The first kappa shape index (κ1) is 13.2. The molecule has 0 atom stereocenters. The van der Waals surface area contributed by atoms with E-state index in [1.54, 1.807) is 0 Å². The van der Waals surface area contributed by atoms with E-state index in [4.69, 9.17) is 4.74 Å². The molecule has 0 aliphatic carbocycles. The molecule has 0 unspecified atom stereocenters. The molecule has 1 aromatic rings. The average Bonchev–Trinajstić information content (AvgIpc) is 2.28. The minimum absolute atomic E-state index is 0.297. The quantitative estimate of drug-likeness (QED) is 0.714. The largest absolute Gasteiger partial charge is 0.374 e. The first-order valence-electron chi connectivity index (χ1n) is 6.12. The number of benzene rings is 1. The van der Waals surface area contributed by atoms with Crippen LogP contribution in [0.2, 0.25) is 0 Å². The summed E-state index contributed by atoms with van der Waals surface area (Å²) in [6.45, 7) is 9.04. The van der Waals surface area contributed by atoms with Gasteiger partial charge in [0.25, 0.3) is 0 Å². The molecule has 90 valence electrons. The normalized spacial score (nSPS) is 11.0. The summed E-state index contributed by atoms with van der Waals surface area (Å²) in [4.78, 5) is 0. The number of rotatable bonds is 7. The van der Waals surface area contributed by atoms with Crippen LogP contribution in [-0.4, -0.2) is 12.6 Å². The Balaban J connectivity index is 2.35. The fraction of sp³-hybridized carbons (Fsp3) is 0.571. The van der Waals surface area contributed by atoms with Gasteiger partial charge in [0, 0.05) is 6.54 Å². The summed E-state index contributed by atoms with van der Waals surface area (Å²) in [7, 11) is 0. The predicted molar refractivity (Wildman–Crippen MR) is 68.4 cm³/mol. The van der Waals surface area contributed by atoms with E-state index in [1.165, 1.54) is 17.5 Å². The molecule has 0 aliphatic rings. The average molecular weight is 221 g/mol. The summed E-state index contributed by atoms with van der Waals surface area (Å²) >= 11 is 0. The van der Waals surface area contributed by atoms with Crippen LogP contribution in [-0.2, 0) is 17.9 Å². The molecular weight excluding hydrogens is 198 g/mol. The summed E-state index contributed by atoms with van der Waals surface area (Å²) in [6, 6.07) is 8.63. The van der Waals surface area contributed by atoms with Gasteiger partial charge in [0.2, 0.25) is 0 Å². The third-order valence-electron chi connectivity index (χ3n) is 2.36. The van der Waals surface area contributed by atoms with Crippen molar-refractivity contribution in [2.24, 2.45) is 0 Å². The number of ether oxygens (including phenoxy) is 1. The van der Waals surface area contributed by atoms with Crippen LogP contribution in [0.5, 0.6) is 0 Å². The molecule has 16 heavy (non-hydrogen) atoms. The molecule has 0 radical (unpaired) electrons. The van der Waals surface area contributed by atoms with Gasteiger partial charge in [0.1, 0.15) is 0 Å². The molecule has 0 heterocycles. The highest BCUT2D eigenvalue weighted by molar-refractivity contribution is 5.21. The van der Waals surface area contributed by atoms with Gasteiger partial charge >= 0.3 is 0 Å². The van der Waals surface area contributed by atoms with Crippen molar-refractivity contribution in [1.82, 2.24) is 5.32 Å². The molecule has 0 aliphatic heterocycles. The lowest BCUT2D eigenvalue weighted by Crippen LogP contribution is -2.13. The van der Waals surface area contributed by atoms with E-state index in [0.29, 0.717) is 12.7 Å². The SMILES string of the molecule is CCCNCc1ccc(COC(C)C)cc1. The molecule has 0 saturated heterocycles. The van der Waals surface area contributed by atoms with Crippen LogP contribution in [0.25, 0.3) is 0 Å². The lowest BCUT2D eigenvalue weighted by atomic mass is 10.1. The summed E-state index contributed by atoms with van der Waals surface area (Å²) in [6.07, 6.45) is 1.48. The van der Waals surface area contributed by atoms with Gasteiger partial charge in [-0.3, -0.25) is 0 Å². The van der Waals surface area contributed by atoms with Crippen molar-refractivity contribution in [3.05, 3.63) is 35.4 Å². The van der Waals surface area contributed by atoms with Crippen LogP contribution in [0.3, 0.4) is 0 Å². The predicted octanol–water partition coefficient (Wildman–Crippen LogP) is 3.11. The summed E-state index contributed by atoms with van der Waals surface area (Å²) < 4.78 is 5.55. The second-order valence-electron chi connectivity index (χ2n) is 4.35. The number of hydrogen-bond acceptors (Lipinski definition) is 2. The van der Waals surface area contributed by atoms with Gasteiger partial charge in [0.15, 0.2) is 0 Å². The highest BCUT2D eigenvalue weighted by Gasteiger charge is 1.97. The molecule has 1 aromatic carbocycles. The standard InChI is InChI=1S/C14H23NO/c1-4-9-15-10-13-5-7-14(8-6-13)11-16-12(2)3/h5-8,12,15H,4,9-11H2,1-3H3. The third-order valence-corrected chi connectivity index (χ3v) is 2.36. The van der Waals surface area contributed by atoms with E-state index >= 15 is 0 Å². The molecule has 1 N–H and O–H groups in total. The Morgan fingerprint density at radius 3 is 2.31 bits per heavy atom. The Kier molecular flexibility index (Phi) is 6.12. The van der Waals surface area contributed by atoms with Crippen molar-refractivity contribution < 1.29 is 4.74 Å². The van der Waals surface area contributed by atoms with Crippen molar-refractivity contribution in [3.8, 4) is 0 Å². The van der Waals surface area contributed by atoms with Gasteiger partial charge < -0.3 is 10.1 Å². The van der Waals surface area contributed by atoms with Crippen LogP contribution in [0.1, 0.15) is 38.3 Å². The van der Waals surface area contributed by atoms with Gasteiger partial charge in [-0.2, -0.15) is 0 Å². The van der Waals surface area contributed by atoms with Gasteiger partial charge in [-0.25, -0.2) is 0 Å². The van der Waals surface area contributed by atoms with Crippen LogP contribution in [0.15, 0.2) is 24.3 Å². The highest BCUT2D eigenvalue weighted by Crippen LogP contribution is 2.06. The lowest BCUT2D eigenvalue weighted by Gasteiger charge is -2.08. The first-order chi connectivity index (χ1) is 7.72. The second kappa shape index (κ2) is 7.42. The molecule has 0 saturated carbocycles. The first-order valence-corrected chi connectivity index (χ1v) is 6.12. The summed E-state index contributed by atoms with van der Waals surface area (Å²) in [5.74, 6) is 0. The van der Waals surface area contributed by atoms with Crippen molar-refractivity contribution in [2.45, 2.75) is 46.4 Å². The van der Waals surface area contributed by atoms with Crippen molar-refractivity contribution in [3.63, 3.8) is 0 Å². The maximum absolute atomic E-state index is 5.55. The van der Waals surface area contributed by atoms with Crippen LogP contribution < -0.4 is 5.32 Å². The Morgan fingerprint density at radius 1 is 1.12 bits per heavy atom. The van der Waals surface area contributed by atoms with Crippen LogP contribution >= 0.6 is 0 Å².